The summed E-state index contributed by atoms with van der Waals surface area (Å²) in [5, 5.41) is 0.861. The van der Waals surface area contributed by atoms with Gasteiger partial charge in [0, 0.05) is 41.4 Å². The largest absolute Gasteiger partial charge is 0.493 e. The number of rotatable bonds is 5. The normalized spacial score (nSPS) is 10.6. The summed E-state index contributed by atoms with van der Waals surface area (Å²) >= 11 is 14.5. The summed E-state index contributed by atoms with van der Waals surface area (Å²) in [6, 6.07) is 4.51. The van der Waals surface area contributed by atoms with Gasteiger partial charge in [0.25, 0.3) is 10.0 Å². The molecule has 0 saturated carbocycles. The zero-order valence-electron chi connectivity index (χ0n) is 15.6. The van der Waals surface area contributed by atoms with Crippen LogP contribution in [0, 0.1) is 0 Å². The molecule has 30 heavy (non-hydrogen) atoms. The summed E-state index contributed by atoms with van der Waals surface area (Å²) in [6.45, 7) is 0. The molecule has 0 bridgehead atoms. The van der Waals surface area contributed by atoms with Crippen LogP contribution in [-0.2, 0) is 10.0 Å². The van der Waals surface area contributed by atoms with Gasteiger partial charge in [-0.25, -0.2) is 18.4 Å². The molecule has 0 saturated heterocycles. The molecule has 0 aliphatic heterocycles. The van der Waals surface area contributed by atoms with Gasteiger partial charge in [0.05, 0.1) is 24.3 Å². The third-order valence-electron chi connectivity index (χ3n) is 3.33. The lowest BCUT2D eigenvalue weighted by molar-refractivity contribution is 0.415. The fourth-order valence-corrected chi connectivity index (χ4v) is 3.79. The monoisotopic (exact) mass is 535 g/mol. The van der Waals surface area contributed by atoms with Crippen molar-refractivity contribution in [2.75, 3.05) is 24.7 Å². The van der Waals surface area contributed by atoms with Crippen LogP contribution >= 0.6 is 39.1 Å². The fourth-order valence-electron chi connectivity index (χ4n) is 1.97. The molecule has 0 radical (unpaired) electrons. The summed E-state index contributed by atoms with van der Waals surface area (Å²) in [6.07, 6.45) is 5.51. The van der Waals surface area contributed by atoms with Crippen molar-refractivity contribution >= 4 is 60.8 Å². The predicted octanol–water partition coefficient (Wildman–Crippen LogP) is 4.03. The Morgan fingerprint density at radius 2 is 1.57 bits per heavy atom. The van der Waals surface area contributed by atoms with Gasteiger partial charge >= 0.3 is 0 Å². The van der Waals surface area contributed by atoms with E-state index in [1.165, 1.54) is 51.1 Å². The Balaban J connectivity index is 0.000000269. The minimum Gasteiger partial charge on any atom is -0.493 e. The number of nitrogens with two attached hydrogens (primary N) is 1. The number of aromatic nitrogens is 3. The van der Waals surface area contributed by atoms with Crippen LogP contribution in [-0.4, -0.2) is 37.6 Å². The zero-order chi connectivity index (χ0) is 22.3. The van der Waals surface area contributed by atoms with Gasteiger partial charge in [0.15, 0.2) is 23.1 Å². The number of nitrogen functional groups attached to an aromatic ring is 1. The second-order valence-electron chi connectivity index (χ2n) is 5.39. The molecular formula is C17H16BrCl2N5O4S. The first-order chi connectivity index (χ1) is 14.2. The maximum Gasteiger partial charge on any atom is 0.264 e. The van der Waals surface area contributed by atoms with Crippen LogP contribution in [0.1, 0.15) is 0 Å². The van der Waals surface area contributed by atoms with Crippen LogP contribution in [0.25, 0.3) is 0 Å². The maximum absolute atomic E-state index is 12.2. The van der Waals surface area contributed by atoms with E-state index in [1.54, 1.807) is 6.07 Å². The Hall–Kier alpha value is -2.34. The molecule has 0 spiro atoms. The van der Waals surface area contributed by atoms with Crippen LogP contribution in [0.15, 0.2) is 52.4 Å². The van der Waals surface area contributed by atoms with Gasteiger partial charge in [-0.05, 0) is 22.0 Å². The van der Waals surface area contributed by atoms with E-state index in [0.29, 0.717) is 26.1 Å². The topological polar surface area (TPSA) is 129 Å². The lowest BCUT2D eigenvalue weighted by atomic mass is 10.4. The zero-order valence-corrected chi connectivity index (χ0v) is 19.5. The average molecular weight is 537 g/mol. The summed E-state index contributed by atoms with van der Waals surface area (Å²) in [7, 11) is -0.897. The number of halogens is 3. The van der Waals surface area contributed by atoms with Crippen LogP contribution < -0.4 is 19.9 Å². The van der Waals surface area contributed by atoms with Gasteiger partial charge in [-0.15, -0.1) is 0 Å². The molecule has 3 rings (SSSR count). The number of ether oxygens (including phenoxy) is 2. The maximum atomic E-state index is 12.2. The third kappa shape index (κ3) is 6.59. The molecule has 0 fully saturated rings. The van der Waals surface area contributed by atoms with Crippen LogP contribution in [0.3, 0.4) is 0 Å². The van der Waals surface area contributed by atoms with Crippen LogP contribution in [0.5, 0.6) is 11.5 Å². The van der Waals surface area contributed by atoms with Crippen molar-refractivity contribution in [3.63, 3.8) is 0 Å². The third-order valence-corrected chi connectivity index (χ3v) is 5.48. The van der Waals surface area contributed by atoms with E-state index in [9.17, 15) is 8.42 Å². The number of hydrogen-bond donors (Lipinski definition) is 2. The molecular weight excluding hydrogens is 521 g/mol. The molecule has 3 N–H and O–H groups in total. The number of sulfonamides is 1. The van der Waals surface area contributed by atoms with E-state index >= 15 is 0 Å². The first-order valence-electron chi connectivity index (χ1n) is 7.94. The molecule has 0 atom stereocenters. The van der Waals surface area contributed by atoms with Gasteiger partial charge in [-0.3, -0.25) is 9.71 Å². The van der Waals surface area contributed by atoms with Crippen molar-refractivity contribution in [1.82, 2.24) is 15.0 Å². The highest BCUT2D eigenvalue weighted by Crippen LogP contribution is 2.27. The lowest BCUT2D eigenvalue weighted by Crippen LogP contribution is -2.15. The van der Waals surface area contributed by atoms with E-state index < -0.39 is 10.0 Å². The summed E-state index contributed by atoms with van der Waals surface area (Å²) in [5.74, 6) is 1.14. The predicted molar refractivity (Wildman–Crippen MR) is 119 cm³/mol. The van der Waals surface area contributed by atoms with Crippen molar-refractivity contribution < 1.29 is 17.9 Å². The average Bonchev–Trinajstić information content (AvgIpc) is 2.71. The van der Waals surface area contributed by atoms with Crippen molar-refractivity contribution in [2.45, 2.75) is 4.90 Å². The molecule has 0 aliphatic carbocycles. The smallest absolute Gasteiger partial charge is 0.264 e. The first-order valence-corrected chi connectivity index (χ1v) is 11.0. The highest BCUT2D eigenvalue weighted by atomic mass is 79.9. The fraction of sp³-hybridized carbons (Fsp3) is 0.118. The van der Waals surface area contributed by atoms with E-state index in [1.807, 2.05) is 0 Å². The number of pyridine rings is 3. The molecule has 0 amide bonds. The minimum atomic E-state index is -3.81. The Kier molecular flexibility index (Phi) is 8.47. The second kappa shape index (κ2) is 10.6. The highest BCUT2D eigenvalue weighted by molar-refractivity contribution is 9.10. The number of nitrogens with one attached hydrogen (secondary N) is 1. The Morgan fingerprint density at radius 1 is 0.967 bits per heavy atom. The Morgan fingerprint density at radius 3 is 2.13 bits per heavy atom. The van der Waals surface area contributed by atoms with E-state index in [4.69, 9.17) is 38.4 Å². The van der Waals surface area contributed by atoms with Gasteiger partial charge in [-0.2, -0.15) is 0 Å². The molecule has 0 aliphatic rings. The van der Waals surface area contributed by atoms with Gasteiger partial charge in [0.1, 0.15) is 4.90 Å². The molecule has 3 aromatic rings. The number of hydrogen-bond acceptors (Lipinski definition) is 8. The van der Waals surface area contributed by atoms with Gasteiger partial charge in [-0.1, -0.05) is 23.2 Å². The summed E-state index contributed by atoms with van der Waals surface area (Å²) < 4.78 is 37.2. The summed E-state index contributed by atoms with van der Waals surface area (Å²) in [5.41, 5.74) is 5.41. The number of nitrogens with zero attached hydrogens (tertiary/aromatic N) is 3. The lowest BCUT2D eigenvalue weighted by Gasteiger charge is -2.10. The van der Waals surface area contributed by atoms with Crippen LogP contribution in [0.2, 0.25) is 10.0 Å². The van der Waals surface area contributed by atoms with Gasteiger partial charge in [0.2, 0.25) is 0 Å². The molecule has 0 aromatic carbocycles. The Bertz CT molecular complexity index is 1130. The highest BCUT2D eigenvalue weighted by Gasteiger charge is 2.18. The van der Waals surface area contributed by atoms with Crippen LogP contribution in [0.4, 0.5) is 11.6 Å². The molecule has 9 nitrogen and oxygen atoms in total. The standard InChI is InChI=1S/C11H9BrClN3O3S.C6H7ClN2O/c1-19-10-3-8(13)5-15-11(10)16-20(17,18)9-2-7(12)4-14-6-9;1-10-5-2-4(7)3-9-6(5)8/h2-6H,1H3,(H,15,16);2-3H,1H3,(H2,8,9). The van der Waals surface area contributed by atoms with Gasteiger partial charge < -0.3 is 15.2 Å². The quantitative estimate of drug-likeness (QED) is 0.500. The molecule has 3 heterocycles. The summed E-state index contributed by atoms with van der Waals surface area (Å²) in [4.78, 5) is 11.5. The molecule has 3 aromatic heterocycles. The first kappa shape index (κ1) is 23.9. The van der Waals surface area contributed by atoms with E-state index in [-0.39, 0.29) is 16.5 Å². The molecule has 0 unspecified atom stereocenters. The van der Waals surface area contributed by atoms with E-state index in [0.717, 1.165) is 0 Å². The second-order valence-corrected chi connectivity index (χ2v) is 8.86. The SMILES string of the molecule is COc1cc(Cl)cnc1N.COc1cc(Cl)cnc1NS(=O)(=O)c1cncc(Br)c1. The molecule has 13 heteroatoms. The molecule has 160 valence electrons. The van der Waals surface area contributed by atoms with Crippen molar-refractivity contribution in [3.8, 4) is 11.5 Å². The van der Waals surface area contributed by atoms with Crippen molar-refractivity contribution in [1.29, 1.82) is 0 Å². The van der Waals surface area contributed by atoms with Crippen molar-refractivity contribution in [2.24, 2.45) is 0 Å². The number of methoxy groups -OCH3 is 2. The minimum absolute atomic E-state index is 0.00526. The Labute approximate surface area is 191 Å². The number of anilines is 2. The van der Waals surface area contributed by atoms with Crippen molar-refractivity contribution in [3.05, 3.63) is 57.5 Å². The van der Waals surface area contributed by atoms with E-state index in [2.05, 4.69) is 35.6 Å².